The number of esters is 1. The third-order valence-corrected chi connectivity index (χ3v) is 9.74. The summed E-state index contributed by atoms with van der Waals surface area (Å²) < 4.78 is 31.3. The average Bonchev–Trinajstić information content (AvgIpc) is 3.57. The minimum absolute atomic E-state index is 0.00995. The molecule has 2 N–H and O–H groups in total. The van der Waals surface area contributed by atoms with E-state index in [4.69, 9.17) is 14.2 Å². The molecular weight excluding hydrogens is 515 g/mol. The first-order valence-electron chi connectivity index (χ1n) is 14.8. The lowest BCUT2D eigenvalue weighted by molar-refractivity contribution is -0.154. The Bertz CT molecular complexity index is 1080. The standard InChI is InChI=1S/C31H45FN2O6/c1-6-18(7-2)17-33-29(36)26-19-8-9-20(14-19)27(26)34-28(35)22-15-25(23(32)16-24(22)38-4)40-21-10-12-31(3,13-11-21)30(37)39-5/h15-16,18-21,26-27H,6-14,17H2,1-5H3,(H,33,36)(H,34,35)/t19-,20+,21-,26+,27-,31+/m1/s1. The van der Waals surface area contributed by atoms with Gasteiger partial charge in [-0.15, -0.1) is 0 Å². The molecule has 8 nitrogen and oxygen atoms in total. The molecule has 222 valence electrons. The Morgan fingerprint density at radius 1 is 1.02 bits per heavy atom. The van der Waals surface area contributed by atoms with Crippen LogP contribution in [0.3, 0.4) is 0 Å². The van der Waals surface area contributed by atoms with Gasteiger partial charge in [0.05, 0.1) is 37.2 Å². The quantitative estimate of drug-likeness (QED) is 0.368. The van der Waals surface area contributed by atoms with Crippen LogP contribution in [0.5, 0.6) is 11.5 Å². The van der Waals surface area contributed by atoms with Crippen molar-refractivity contribution in [2.75, 3.05) is 20.8 Å². The fourth-order valence-corrected chi connectivity index (χ4v) is 6.99. The number of carbonyl (C=O) groups excluding carboxylic acids is 3. The fraction of sp³-hybridized carbons (Fsp3) is 0.710. The normalized spacial score (nSPS) is 29.2. The van der Waals surface area contributed by atoms with Crippen molar-refractivity contribution in [3.8, 4) is 11.5 Å². The van der Waals surface area contributed by atoms with E-state index < -0.39 is 17.1 Å². The molecule has 3 fully saturated rings. The highest BCUT2D eigenvalue weighted by Crippen LogP contribution is 2.49. The Hall–Kier alpha value is -2.84. The van der Waals surface area contributed by atoms with Gasteiger partial charge >= 0.3 is 5.97 Å². The molecule has 0 spiro atoms. The number of methoxy groups -OCH3 is 2. The summed E-state index contributed by atoms with van der Waals surface area (Å²) >= 11 is 0. The number of hydrogen-bond donors (Lipinski definition) is 2. The summed E-state index contributed by atoms with van der Waals surface area (Å²) in [6.45, 7) is 6.78. The Morgan fingerprint density at radius 3 is 2.33 bits per heavy atom. The zero-order valence-electron chi connectivity index (χ0n) is 24.5. The number of amides is 2. The summed E-state index contributed by atoms with van der Waals surface area (Å²) in [5.41, 5.74) is -0.400. The highest BCUT2D eigenvalue weighted by molar-refractivity contribution is 5.98. The zero-order chi connectivity index (χ0) is 29.0. The van der Waals surface area contributed by atoms with Crippen LogP contribution in [0.25, 0.3) is 0 Å². The van der Waals surface area contributed by atoms with E-state index in [0.717, 1.165) is 32.1 Å². The molecule has 3 saturated carbocycles. The number of nitrogens with one attached hydrogen (secondary N) is 2. The summed E-state index contributed by atoms with van der Waals surface area (Å²) in [6, 6.07) is 2.29. The molecule has 0 heterocycles. The number of benzene rings is 1. The van der Waals surface area contributed by atoms with Crippen molar-refractivity contribution in [3.05, 3.63) is 23.5 Å². The van der Waals surface area contributed by atoms with Crippen molar-refractivity contribution in [2.24, 2.45) is 29.1 Å². The third kappa shape index (κ3) is 6.23. The van der Waals surface area contributed by atoms with Crippen LogP contribution >= 0.6 is 0 Å². The zero-order valence-corrected chi connectivity index (χ0v) is 24.5. The minimum atomic E-state index is -0.617. The summed E-state index contributed by atoms with van der Waals surface area (Å²) in [5, 5.41) is 6.26. The van der Waals surface area contributed by atoms with Crippen LogP contribution < -0.4 is 20.1 Å². The summed E-state index contributed by atoms with van der Waals surface area (Å²) in [4.78, 5) is 39.0. The Morgan fingerprint density at radius 2 is 1.70 bits per heavy atom. The van der Waals surface area contributed by atoms with Gasteiger partial charge < -0.3 is 24.8 Å². The predicted octanol–water partition coefficient (Wildman–Crippen LogP) is 5.03. The van der Waals surface area contributed by atoms with Crippen molar-refractivity contribution in [3.63, 3.8) is 0 Å². The van der Waals surface area contributed by atoms with Crippen molar-refractivity contribution < 1.29 is 33.0 Å². The maximum atomic E-state index is 15.0. The number of carbonyl (C=O) groups is 3. The Balaban J connectivity index is 1.46. The highest BCUT2D eigenvalue weighted by atomic mass is 19.1. The molecule has 3 aliphatic rings. The van der Waals surface area contributed by atoms with Crippen LogP contribution in [-0.4, -0.2) is 50.7 Å². The van der Waals surface area contributed by atoms with E-state index >= 15 is 4.39 Å². The Labute approximate surface area is 237 Å². The van der Waals surface area contributed by atoms with Crippen LogP contribution in [0.15, 0.2) is 12.1 Å². The van der Waals surface area contributed by atoms with Crippen LogP contribution in [-0.2, 0) is 14.3 Å². The van der Waals surface area contributed by atoms with Crippen LogP contribution in [0, 0.1) is 34.9 Å². The topological polar surface area (TPSA) is 103 Å². The number of halogens is 1. The number of fused-ring (bicyclic) bond motifs is 2. The van der Waals surface area contributed by atoms with Crippen LogP contribution in [0.2, 0.25) is 0 Å². The highest BCUT2D eigenvalue weighted by Gasteiger charge is 2.51. The first-order valence-corrected chi connectivity index (χ1v) is 14.8. The van der Waals surface area contributed by atoms with Gasteiger partial charge in [-0.3, -0.25) is 14.4 Å². The van der Waals surface area contributed by atoms with Gasteiger partial charge in [0.25, 0.3) is 5.91 Å². The van der Waals surface area contributed by atoms with E-state index in [1.807, 2.05) is 6.92 Å². The second kappa shape index (κ2) is 12.8. The van der Waals surface area contributed by atoms with E-state index in [-0.39, 0.29) is 58.8 Å². The van der Waals surface area contributed by atoms with Gasteiger partial charge in [0.15, 0.2) is 11.6 Å². The molecule has 4 atom stereocenters. The molecule has 2 bridgehead atoms. The SMILES string of the molecule is CCC(CC)CNC(=O)[C@H]1[C@@H]2CC[C@@H](C2)[C@H]1NC(=O)c1cc(O[C@H]2CC[C@@](C)(C(=O)OC)CC2)c(F)cc1OC. The molecule has 0 unspecified atom stereocenters. The molecule has 0 aliphatic heterocycles. The molecule has 1 aromatic carbocycles. The first kappa shape index (κ1) is 30.1. The molecule has 4 rings (SSSR count). The first-order chi connectivity index (χ1) is 19.1. The summed E-state index contributed by atoms with van der Waals surface area (Å²) in [7, 11) is 2.78. The fourth-order valence-electron chi connectivity index (χ4n) is 6.99. The average molecular weight is 561 g/mol. The lowest BCUT2D eigenvalue weighted by atomic mass is 9.75. The number of ether oxygens (including phenoxy) is 3. The maximum Gasteiger partial charge on any atom is 0.311 e. The number of rotatable bonds is 11. The van der Waals surface area contributed by atoms with E-state index in [1.54, 1.807) is 0 Å². The largest absolute Gasteiger partial charge is 0.496 e. The lowest BCUT2D eigenvalue weighted by Gasteiger charge is -2.35. The molecule has 40 heavy (non-hydrogen) atoms. The van der Waals surface area contributed by atoms with E-state index in [2.05, 4.69) is 24.5 Å². The predicted molar refractivity (Wildman–Crippen MR) is 149 cm³/mol. The van der Waals surface area contributed by atoms with Gasteiger partial charge in [-0.2, -0.15) is 0 Å². The van der Waals surface area contributed by atoms with Gasteiger partial charge in [0.1, 0.15) is 5.75 Å². The second-order valence-electron chi connectivity index (χ2n) is 12.1. The molecule has 2 amide bonds. The maximum absolute atomic E-state index is 15.0. The van der Waals surface area contributed by atoms with E-state index in [1.165, 1.54) is 26.4 Å². The summed E-state index contributed by atoms with van der Waals surface area (Å²) in [5.74, 6) is -0.500. The van der Waals surface area contributed by atoms with Crippen molar-refractivity contribution in [2.45, 2.75) is 90.7 Å². The molecule has 0 aromatic heterocycles. The lowest BCUT2D eigenvalue weighted by Crippen LogP contribution is -2.50. The van der Waals surface area contributed by atoms with Crippen molar-refractivity contribution in [1.82, 2.24) is 10.6 Å². The Kier molecular flexibility index (Phi) is 9.62. The van der Waals surface area contributed by atoms with Crippen LogP contribution in [0.1, 0.15) is 88.9 Å². The molecule has 0 radical (unpaired) electrons. The van der Waals surface area contributed by atoms with E-state index in [0.29, 0.717) is 38.1 Å². The van der Waals surface area contributed by atoms with Gasteiger partial charge in [0.2, 0.25) is 5.91 Å². The monoisotopic (exact) mass is 560 g/mol. The number of hydrogen-bond acceptors (Lipinski definition) is 6. The van der Waals surface area contributed by atoms with Crippen LogP contribution in [0.4, 0.5) is 4.39 Å². The minimum Gasteiger partial charge on any atom is -0.496 e. The van der Waals surface area contributed by atoms with Gasteiger partial charge in [-0.25, -0.2) is 4.39 Å². The molecule has 3 aliphatic carbocycles. The van der Waals surface area contributed by atoms with Crippen molar-refractivity contribution >= 4 is 17.8 Å². The van der Waals surface area contributed by atoms with Gasteiger partial charge in [-0.05, 0) is 75.7 Å². The molecular formula is C31H45FN2O6. The second-order valence-corrected chi connectivity index (χ2v) is 12.1. The molecule has 0 saturated heterocycles. The molecule has 9 heteroatoms. The van der Waals surface area contributed by atoms with Gasteiger partial charge in [-0.1, -0.05) is 26.7 Å². The van der Waals surface area contributed by atoms with E-state index in [9.17, 15) is 14.4 Å². The summed E-state index contributed by atoms with van der Waals surface area (Å²) in [6.07, 6.45) is 6.90. The van der Waals surface area contributed by atoms with Crippen molar-refractivity contribution in [1.29, 1.82) is 0 Å². The molecule has 1 aromatic rings. The third-order valence-electron chi connectivity index (χ3n) is 9.74. The van der Waals surface area contributed by atoms with Gasteiger partial charge in [0, 0.05) is 18.7 Å². The smallest absolute Gasteiger partial charge is 0.311 e.